The lowest BCUT2D eigenvalue weighted by Crippen LogP contribution is -2.44. The van der Waals surface area contributed by atoms with Crippen molar-refractivity contribution in [1.82, 2.24) is 9.80 Å². The minimum Gasteiger partial charge on any atom is -0.304 e. The van der Waals surface area contributed by atoms with Crippen molar-refractivity contribution in [3.05, 3.63) is 34.3 Å². The Balaban J connectivity index is 1.82. The Hall–Kier alpha value is -0.780. The average Bonchev–Trinajstić information content (AvgIpc) is 2.40. The quantitative estimate of drug-likeness (QED) is 0.837. The Morgan fingerprint density at radius 2 is 1.81 bits per heavy atom. The van der Waals surface area contributed by atoms with E-state index in [0.29, 0.717) is 0 Å². The molecule has 1 aliphatic rings. The molecule has 1 saturated heterocycles. The molecule has 1 aromatic rings. The van der Waals surface area contributed by atoms with Crippen LogP contribution < -0.4 is 0 Å². The van der Waals surface area contributed by atoms with Gasteiger partial charge in [0.15, 0.2) is 0 Å². The maximum Gasteiger partial charge on any atom is 0.417 e. The number of alkyl halides is 3. The SMILES string of the molecule is CN1CCN(CCCc2ccc(C(F)(F)F)c(Cl)c2)CC1. The van der Waals surface area contributed by atoms with Gasteiger partial charge in [-0.1, -0.05) is 17.7 Å². The van der Waals surface area contributed by atoms with Gasteiger partial charge >= 0.3 is 6.18 Å². The molecule has 6 heteroatoms. The summed E-state index contributed by atoms with van der Waals surface area (Å²) in [6.45, 7) is 5.25. The van der Waals surface area contributed by atoms with Crippen LogP contribution in [0.2, 0.25) is 5.02 Å². The summed E-state index contributed by atoms with van der Waals surface area (Å²) >= 11 is 5.72. The lowest BCUT2D eigenvalue weighted by molar-refractivity contribution is -0.137. The molecule has 21 heavy (non-hydrogen) atoms. The highest BCUT2D eigenvalue weighted by molar-refractivity contribution is 6.31. The van der Waals surface area contributed by atoms with Gasteiger partial charge in [-0.15, -0.1) is 0 Å². The average molecular weight is 321 g/mol. The Morgan fingerprint density at radius 3 is 2.38 bits per heavy atom. The van der Waals surface area contributed by atoms with E-state index in [1.165, 1.54) is 12.1 Å². The summed E-state index contributed by atoms with van der Waals surface area (Å²) in [6, 6.07) is 4.04. The van der Waals surface area contributed by atoms with Gasteiger partial charge in [0.25, 0.3) is 0 Å². The summed E-state index contributed by atoms with van der Waals surface area (Å²) in [5.41, 5.74) is 0.106. The highest BCUT2D eigenvalue weighted by Crippen LogP contribution is 2.35. The van der Waals surface area contributed by atoms with Gasteiger partial charge in [-0.2, -0.15) is 13.2 Å². The molecule has 0 saturated carbocycles. The second kappa shape index (κ2) is 6.99. The maximum atomic E-state index is 12.6. The first-order valence-corrected chi connectivity index (χ1v) is 7.50. The van der Waals surface area contributed by atoms with E-state index in [4.69, 9.17) is 11.6 Å². The van der Waals surface area contributed by atoms with Gasteiger partial charge < -0.3 is 9.80 Å². The zero-order chi connectivity index (χ0) is 15.5. The molecule has 0 N–H and O–H groups in total. The van der Waals surface area contributed by atoms with Crippen molar-refractivity contribution in [3.63, 3.8) is 0 Å². The summed E-state index contributed by atoms with van der Waals surface area (Å²) in [4.78, 5) is 4.69. The number of likely N-dealkylation sites (N-methyl/N-ethyl adjacent to an activating group) is 1. The lowest BCUT2D eigenvalue weighted by atomic mass is 10.1. The molecule has 0 spiro atoms. The molecular weight excluding hydrogens is 301 g/mol. The predicted octanol–water partition coefficient (Wildman–Crippen LogP) is 3.54. The number of benzene rings is 1. The molecular formula is C15H20ClF3N2. The first-order chi connectivity index (χ1) is 9.86. The van der Waals surface area contributed by atoms with Crippen molar-refractivity contribution in [2.24, 2.45) is 0 Å². The monoisotopic (exact) mass is 320 g/mol. The van der Waals surface area contributed by atoms with E-state index >= 15 is 0 Å². The molecule has 1 heterocycles. The van der Waals surface area contributed by atoms with Crippen LogP contribution in [0.1, 0.15) is 17.5 Å². The van der Waals surface area contributed by atoms with Crippen molar-refractivity contribution in [3.8, 4) is 0 Å². The minimum atomic E-state index is -4.38. The molecule has 2 rings (SSSR count). The van der Waals surface area contributed by atoms with Crippen LogP contribution >= 0.6 is 11.6 Å². The molecule has 0 aromatic heterocycles. The van der Waals surface area contributed by atoms with Crippen LogP contribution in [0.15, 0.2) is 18.2 Å². The van der Waals surface area contributed by atoms with E-state index in [-0.39, 0.29) is 5.02 Å². The summed E-state index contributed by atoms with van der Waals surface area (Å²) in [5.74, 6) is 0. The lowest BCUT2D eigenvalue weighted by Gasteiger charge is -2.32. The van der Waals surface area contributed by atoms with Crippen molar-refractivity contribution < 1.29 is 13.2 Å². The Bertz CT molecular complexity index is 468. The van der Waals surface area contributed by atoms with Gasteiger partial charge in [-0.25, -0.2) is 0 Å². The Labute approximate surface area is 128 Å². The number of aryl methyl sites for hydroxylation is 1. The van der Waals surface area contributed by atoms with E-state index < -0.39 is 11.7 Å². The third kappa shape index (κ3) is 4.87. The number of nitrogens with zero attached hydrogens (tertiary/aromatic N) is 2. The van der Waals surface area contributed by atoms with Gasteiger partial charge in [0.05, 0.1) is 10.6 Å². The molecule has 0 unspecified atom stereocenters. The van der Waals surface area contributed by atoms with Crippen LogP contribution in [-0.2, 0) is 12.6 Å². The van der Waals surface area contributed by atoms with Gasteiger partial charge in [0, 0.05) is 26.2 Å². The van der Waals surface area contributed by atoms with E-state index in [9.17, 15) is 13.2 Å². The van der Waals surface area contributed by atoms with Crippen LogP contribution in [-0.4, -0.2) is 49.6 Å². The van der Waals surface area contributed by atoms with E-state index in [2.05, 4.69) is 16.8 Å². The van der Waals surface area contributed by atoms with E-state index in [0.717, 1.165) is 57.2 Å². The molecule has 0 atom stereocenters. The number of halogens is 4. The topological polar surface area (TPSA) is 6.48 Å². The number of rotatable bonds is 4. The summed E-state index contributed by atoms with van der Waals surface area (Å²) in [5, 5.41) is -0.209. The van der Waals surface area contributed by atoms with Crippen LogP contribution in [0, 0.1) is 0 Å². The molecule has 1 fully saturated rings. The first kappa shape index (κ1) is 16.6. The molecule has 1 aromatic carbocycles. The second-order valence-electron chi connectivity index (χ2n) is 5.56. The fourth-order valence-electron chi connectivity index (χ4n) is 2.52. The predicted molar refractivity (Wildman–Crippen MR) is 78.7 cm³/mol. The van der Waals surface area contributed by atoms with Gasteiger partial charge in [0.1, 0.15) is 0 Å². The van der Waals surface area contributed by atoms with E-state index in [1.807, 2.05) is 0 Å². The first-order valence-electron chi connectivity index (χ1n) is 7.13. The van der Waals surface area contributed by atoms with Gasteiger partial charge in [-0.05, 0) is 44.1 Å². The molecule has 0 bridgehead atoms. The van der Waals surface area contributed by atoms with Crippen molar-refractivity contribution in [2.75, 3.05) is 39.8 Å². The zero-order valence-electron chi connectivity index (χ0n) is 12.1. The molecule has 0 radical (unpaired) electrons. The smallest absolute Gasteiger partial charge is 0.304 e. The van der Waals surface area contributed by atoms with Gasteiger partial charge in [0.2, 0.25) is 0 Å². The molecule has 118 valence electrons. The van der Waals surface area contributed by atoms with Crippen molar-refractivity contribution in [2.45, 2.75) is 19.0 Å². The Kier molecular flexibility index (Phi) is 5.52. The van der Waals surface area contributed by atoms with Crippen molar-refractivity contribution >= 4 is 11.6 Å². The van der Waals surface area contributed by atoms with Crippen LogP contribution in [0.5, 0.6) is 0 Å². The fourth-order valence-corrected chi connectivity index (χ4v) is 2.83. The minimum absolute atomic E-state index is 0.209. The van der Waals surface area contributed by atoms with Crippen LogP contribution in [0.3, 0.4) is 0 Å². The highest BCUT2D eigenvalue weighted by Gasteiger charge is 2.32. The number of hydrogen-bond donors (Lipinski definition) is 0. The second-order valence-corrected chi connectivity index (χ2v) is 5.97. The number of piperazine rings is 1. The summed E-state index contributed by atoms with van der Waals surface area (Å²) in [6.07, 6.45) is -2.69. The number of hydrogen-bond acceptors (Lipinski definition) is 2. The van der Waals surface area contributed by atoms with Crippen molar-refractivity contribution in [1.29, 1.82) is 0 Å². The molecule has 0 amide bonds. The third-order valence-electron chi connectivity index (χ3n) is 3.87. The molecule has 1 aliphatic heterocycles. The summed E-state index contributed by atoms with van der Waals surface area (Å²) < 4.78 is 37.8. The Morgan fingerprint density at radius 1 is 1.14 bits per heavy atom. The maximum absolute atomic E-state index is 12.6. The highest BCUT2D eigenvalue weighted by atomic mass is 35.5. The molecule has 2 nitrogen and oxygen atoms in total. The van der Waals surface area contributed by atoms with E-state index in [1.54, 1.807) is 0 Å². The largest absolute Gasteiger partial charge is 0.417 e. The summed E-state index contributed by atoms with van der Waals surface area (Å²) in [7, 11) is 2.11. The normalized spacial score (nSPS) is 18.1. The molecule has 0 aliphatic carbocycles. The zero-order valence-corrected chi connectivity index (χ0v) is 12.8. The fraction of sp³-hybridized carbons (Fsp3) is 0.600. The third-order valence-corrected chi connectivity index (χ3v) is 4.19. The standard InChI is InChI=1S/C15H20ClF3N2/c1-20-7-9-21(10-8-20)6-2-3-12-4-5-13(14(16)11-12)15(17,18)19/h4-5,11H,2-3,6-10H2,1H3. The van der Waals surface area contributed by atoms with Crippen LogP contribution in [0.4, 0.5) is 13.2 Å². The van der Waals surface area contributed by atoms with Crippen LogP contribution in [0.25, 0.3) is 0 Å². The van der Waals surface area contributed by atoms with Gasteiger partial charge in [-0.3, -0.25) is 0 Å².